The predicted octanol–water partition coefficient (Wildman–Crippen LogP) is 2.42. The Balaban J connectivity index is 1.96. The molecule has 1 amide bonds. The lowest BCUT2D eigenvalue weighted by Gasteiger charge is -2.34. The molecule has 1 saturated heterocycles. The highest BCUT2D eigenvalue weighted by atomic mass is 19.4. The number of alkyl halides is 3. The SMILES string of the molecule is NCC1CCCCN1C(=O)COc1cccc(C(F)(F)F)c1. The highest BCUT2D eigenvalue weighted by Crippen LogP contribution is 2.31. The summed E-state index contributed by atoms with van der Waals surface area (Å²) in [5, 5.41) is 0. The lowest BCUT2D eigenvalue weighted by molar-refractivity contribution is -0.137. The second kappa shape index (κ2) is 7.00. The summed E-state index contributed by atoms with van der Waals surface area (Å²) in [5.74, 6) is -0.211. The molecule has 1 aromatic carbocycles. The van der Waals surface area contributed by atoms with E-state index in [9.17, 15) is 18.0 Å². The smallest absolute Gasteiger partial charge is 0.416 e. The minimum Gasteiger partial charge on any atom is -0.484 e. The first-order chi connectivity index (χ1) is 10.4. The van der Waals surface area contributed by atoms with Crippen LogP contribution in [0.3, 0.4) is 0 Å². The zero-order valence-electron chi connectivity index (χ0n) is 12.1. The van der Waals surface area contributed by atoms with Gasteiger partial charge in [0.05, 0.1) is 5.56 Å². The minimum absolute atomic E-state index is 0.00800. The molecule has 0 aromatic heterocycles. The number of carbonyl (C=O) groups is 1. The van der Waals surface area contributed by atoms with Gasteiger partial charge in [-0.2, -0.15) is 13.2 Å². The molecule has 122 valence electrons. The second-order valence-electron chi connectivity index (χ2n) is 5.29. The number of likely N-dealkylation sites (tertiary alicyclic amines) is 1. The number of carbonyl (C=O) groups excluding carboxylic acids is 1. The van der Waals surface area contributed by atoms with E-state index >= 15 is 0 Å². The van der Waals surface area contributed by atoms with Gasteiger partial charge in [0.15, 0.2) is 6.61 Å². The third-order valence-corrected chi connectivity index (χ3v) is 3.74. The molecule has 1 heterocycles. The fraction of sp³-hybridized carbons (Fsp3) is 0.533. The van der Waals surface area contributed by atoms with Crippen molar-refractivity contribution >= 4 is 5.91 Å². The summed E-state index contributed by atoms with van der Waals surface area (Å²) in [6.45, 7) is 0.722. The molecule has 1 aromatic rings. The fourth-order valence-electron chi connectivity index (χ4n) is 2.56. The summed E-state index contributed by atoms with van der Waals surface area (Å²) >= 11 is 0. The van der Waals surface area contributed by atoms with E-state index in [0.29, 0.717) is 13.1 Å². The van der Waals surface area contributed by atoms with Gasteiger partial charge in [-0.1, -0.05) is 6.07 Å². The average molecular weight is 316 g/mol. The van der Waals surface area contributed by atoms with Crippen LogP contribution < -0.4 is 10.5 Å². The minimum atomic E-state index is -4.43. The number of nitrogens with two attached hydrogens (primary N) is 1. The topological polar surface area (TPSA) is 55.6 Å². The van der Waals surface area contributed by atoms with Gasteiger partial charge in [-0.15, -0.1) is 0 Å². The predicted molar refractivity (Wildman–Crippen MR) is 75.3 cm³/mol. The molecule has 0 radical (unpaired) electrons. The first-order valence-corrected chi connectivity index (χ1v) is 7.21. The number of hydrogen-bond acceptors (Lipinski definition) is 3. The summed E-state index contributed by atoms with van der Waals surface area (Å²) < 4.78 is 43.0. The fourth-order valence-corrected chi connectivity index (χ4v) is 2.56. The maximum Gasteiger partial charge on any atom is 0.416 e. The molecule has 22 heavy (non-hydrogen) atoms. The van der Waals surface area contributed by atoms with Gasteiger partial charge in [-0.25, -0.2) is 0 Å². The summed E-state index contributed by atoms with van der Waals surface area (Å²) in [7, 11) is 0. The Bertz CT molecular complexity index is 520. The summed E-state index contributed by atoms with van der Waals surface area (Å²) in [6.07, 6.45) is -1.64. The van der Waals surface area contributed by atoms with Crippen molar-refractivity contribution < 1.29 is 22.7 Å². The van der Waals surface area contributed by atoms with Crippen LogP contribution >= 0.6 is 0 Å². The van der Waals surface area contributed by atoms with Crippen LogP contribution in [0, 0.1) is 0 Å². The summed E-state index contributed by atoms with van der Waals surface area (Å²) in [6, 6.07) is 4.50. The Morgan fingerprint density at radius 3 is 2.82 bits per heavy atom. The van der Waals surface area contributed by atoms with Gasteiger partial charge in [-0.3, -0.25) is 4.79 Å². The van der Waals surface area contributed by atoms with Crippen LogP contribution in [-0.4, -0.2) is 36.5 Å². The van der Waals surface area contributed by atoms with E-state index in [-0.39, 0.29) is 24.3 Å². The summed E-state index contributed by atoms with van der Waals surface area (Å²) in [4.78, 5) is 13.8. The third-order valence-electron chi connectivity index (χ3n) is 3.74. The zero-order valence-corrected chi connectivity index (χ0v) is 12.1. The Hall–Kier alpha value is -1.76. The summed E-state index contributed by atoms with van der Waals surface area (Å²) in [5.41, 5.74) is 4.85. The molecule has 1 aliphatic rings. The number of halogens is 3. The second-order valence-corrected chi connectivity index (χ2v) is 5.29. The Kier molecular flexibility index (Phi) is 5.28. The molecule has 0 spiro atoms. The molecule has 2 N–H and O–H groups in total. The molecular weight excluding hydrogens is 297 g/mol. The molecule has 0 saturated carbocycles. The number of hydrogen-bond donors (Lipinski definition) is 1. The van der Waals surface area contributed by atoms with E-state index in [0.717, 1.165) is 31.4 Å². The normalized spacial score (nSPS) is 19.1. The number of nitrogens with zero attached hydrogens (tertiary/aromatic N) is 1. The first-order valence-electron chi connectivity index (χ1n) is 7.21. The highest BCUT2D eigenvalue weighted by molar-refractivity contribution is 5.78. The van der Waals surface area contributed by atoms with Gasteiger partial charge in [0.1, 0.15) is 5.75 Å². The number of rotatable bonds is 4. The van der Waals surface area contributed by atoms with Gasteiger partial charge in [-0.05, 0) is 37.5 Å². The Morgan fingerprint density at radius 2 is 2.14 bits per heavy atom. The molecule has 1 aliphatic heterocycles. The van der Waals surface area contributed by atoms with Crippen molar-refractivity contribution in [1.29, 1.82) is 0 Å². The van der Waals surface area contributed by atoms with Crippen LogP contribution in [-0.2, 0) is 11.0 Å². The van der Waals surface area contributed by atoms with Crippen molar-refractivity contribution in [2.24, 2.45) is 5.73 Å². The molecule has 1 unspecified atom stereocenters. The van der Waals surface area contributed by atoms with Crippen LogP contribution in [0.5, 0.6) is 5.75 Å². The van der Waals surface area contributed by atoms with Crippen LogP contribution in [0.1, 0.15) is 24.8 Å². The van der Waals surface area contributed by atoms with E-state index in [1.54, 1.807) is 4.90 Å². The van der Waals surface area contributed by atoms with E-state index < -0.39 is 11.7 Å². The van der Waals surface area contributed by atoms with Gasteiger partial charge < -0.3 is 15.4 Å². The monoisotopic (exact) mass is 316 g/mol. The Labute approximate surface area is 127 Å². The van der Waals surface area contributed by atoms with Gasteiger partial charge in [0.25, 0.3) is 5.91 Å². The van der Waals surface area contributed by atoms with Gasteiger partial charge in [0, 0.05) is 19.1 Å². The number of ether oxygens (including phenoxy) is 1. The van der Waals surface area contributed by atoms with Crippen molar-refractivity contribution in [1.82, 2.24) is 4.90 Å². The molecule has 2 rings (SSSR count). The molecule has 4 nitrogen and oxygen atoms in total. The quantitative estimate of drug-likeness (QED) is 0.928. The molecule has 1 atom stereocenters. The maximum atomic E-state index is 12.6. The van der Waals surface area contributed by atoms with Gasteiger partial charge in [0.2, 0.25) is 0 Å². The molecule has 7 heteroatoms. The first kappa shape index (κ1) is 16.6. The van der Waals surface area contributed by atoms with Crippen molar-refractivity contribution in [2.75, 3.05) is 19.7 Å². The lowest BCUT2D eigenvalue weighted by Crippen LogP contribution is -2.49. The molecule has 0 bridgehead atoms. The van der Waals surface area contributed by atoms with E-state index in [1.807, 2.05) is 0 Å². The lowest BCUT2D eigenvalue weighted by atomic mass is 10.0. The van der Waals surface area contributed by atoms with E-state index in [1.165, 1.54) is 12.1 Å². The van der Waals surface area contributed by atoms with Crippen molar-refractivity contribution in [3.8, 4) is 5.75 Å². The van der Waals surface area contributed by atoms with E-state index in [2.05, 4.69) is 0 Å². The van der Waals surface area contributed by atoms with Crippen LogP contribution in [0.4, 0.5) is 13.2 Å². The van der Waals surface area contributed by atoms with Crippen molar-refractivity contribution in [3.63, 3.8) is 0 Å². The van der Waals surface area contributed by atoms with Crippen LogP contribution in [0.2, 0.25) is 0 Å². The highest BCUT2D eigenvalue weighted by Gasteiger charge is 2.31. The van der Waals surface area contributed by atoms with Crippen molar-refractivity contribution in [2.45, 2.75) is 31.5 Å². The van der Waals surface area contributed by atoms with Crippen LogP contribution in [0.15, 0.2) is 24.3 Å². The van der Waals surface area contributed by atoms with Crippen molar-refractivity contribution in [3.05, 3.63) is 29.8 Å². The number of amides is 1. The van der Waals surface area contributed by atoms with E-state index in [4.69, 9.17) is 10.5 Å². The Morgan fingerprint density at radius 1 is 1.36 bits per heavy atom. The molecular formula is C15H19F3N2O2. The zero-order chi connectivity index (χ0) is 16.2. The standard InChI is InChI=1S/C15H19F3N2O2/c16-15(17,18)11-4-3-6-13(8-11)22-10-14(21)20-7-2-1-5-12(20)9-19/h3-4,6,8,12H,1-2,5,7,9-10,19H2. The number of piperidine rings is 1. The van der Waals surface area contributed by atoms with Crippen LogP contribution in [0.25, 0.3) is 0 Å². The average Bonchev–Trinajstić information content (AvgIpc) is 2.52. The largest absolute Gasteiger partial charge is 0.484 e. The van der Waals surface area contributed by atoms with Gasteiger partial charge >= 0.3 is 6.18 Å². The third kappa shape index (κ3) is 4.13. The molecule has 1 fully saturated rings. The number of benzene rings is 1. The maximum absolute atomic E-state index is 12.6. The molecule has 0 aliphatic carbocycles.